The van der Waals surface area contributed by atoms with E-state index in [-0.39, 0.29) is 29.5 Å². The van der Waals surface area contributed by atoms with Crippen LogP contribution in [-0.4, -0.2) is 49.5 Å². The topological polar surface area (TPSA) is 66.5 Å². The van der Waals surface area contributed by atoms with E-state index in [9.17, 15) is 13.2 Å². The number of amides is 1. The molecule has 6 heteroatoms. The molecule has 0 spiro atoms. The van der Waals surface area contributed by atoms with Gasteiger partial charge in [-0.05, 0) is 19.3 Å². The Morgan fingerprint density at radius 1 is 1.33 bits per heavy atom. The molecule has 0 aromatic carbocycles. The molecule has 18 heavy (non-hydrogen) atoms. The molecule has 2 saturated heterocycles. The van der Waals surface area contributed by atoms with Gasteiger partial charge in [0.2, 0.25) is 5.91 Å². The Kier molecular flexibility index (Phi) is 4.27. The summed E-state index contributed by atoms with van der Waals surface area (Å²) in [6.45, 7) is 2.70. The van der Waals surface area contributed by atoms with Crippen LogP contribution in [0.5, 0.6) is 0 Å². The SMILES string of the molecule is CCCCC1NCN(C2CCS(=O)(=O)CC2)C1=O. The molecule has 104 valence electrons. The van der Waals surface area contributed by atoms with Crippen molar-refractivity contribution in [3.8, 4) is 0 Å². The quantitative estimate of drug-likeness (QED) is 0.811. The number of hydrogen-bond acceptors (Lipinski definition) is 4. The zero-order valence-electron chi connectivity index (χ0n) is 10.9. The van der Waals surface area contributed by atoms with Gasteiger partial charge in [-0.15, -0.1) is 0 Å². The molecule has 0 aromatic heterocycles. The second kappa shape index (κ2) is 5.57. The minimum atomic E-state index is -2.85. The molecule has 0 radical (unpaired) electrons. The van der Waals surface area contributed by atoms with Crippen molar-refractivity contribution in [2.75, 3.05) is 18.2 Å². The van der Waals surface area contributed by atoms with E-state index in [1.54, 1.807) is 0 Å². The van der Waals surface area contributed by atoms with E-state index in [1.807, 2.05) is 4.90 Å². The fraction of sp³-hybridized carbons (Fsp3) is 0.917. The third-order valence-corrected chi connectivity index (χ3v) is 5.62. The molecule has 2 aliphatic heterocycles. The lowest BCUT2D eigenvalue weighted by atomic mass is 10.1. The van der Waals surface area contributed by atoms with Crippen molar-refractivity contribution in [3.05, 3.63) is 0 Å². The van der Waals surface area contributed by atoms with Gasteiger partial charge in [-0.2, -0.15) is 0 Å². The fourth-order valence-electron chi connectivity index (χ4n) is 2.71. The van der Waals surface area contributed by atoms with Gasteiger partial charge >= 0.3 is 0 Å². The minimum absolute atomic E-state index is 0.0523. The summed E-state index contributed by atoms with van der Waals surface area (Å²) in [4.78, 5) is 14.0. The van der Waals surface area contributed by atoms with Crippen molar-refractivity contribution in [2.45, 2.75) is 51.1 Å². The Balaban J connectivity index is 1.90. The van der Waals surface area contributed by atoms with Crippen LogP contribution in [0.2, 0.25) is 0 Å². The molecule has 0 aliphatic carbocycles. The third kappa shape index (κ3) is 3.03. The largest absolute Gasteiger partial charge is 0.326 e. The molecule has 0 saturated carbocycles. The minimum Gasteiger partial charge on any atom is -0.326 e. The number of rotatable bonds is 4. The van der Waals surface area contributed by atoms with Gasteiger partial charge in [0, 0.05) is 6.04 Å². The van der Waals surface area contributed by atoms with Gasteiger partial charge in [-0.25, -0.2) is 8.42 Å². The van der Waals surface area contributed by atoms with Gasteiger partial charge < -0.3 is 4.90 Å². The van der Waals surface area contributed by atoms with Crippen molar-refractivity contribution >= 4 is 15.7 Å². The van der Waals surface area contributed by atoms with Crippen molar-refractivity contribution in [1.82, 2.24) is 10.2 Å². The van der Waals surface area contributed by atoms with Crippen molar-refractivity contribution in [3.63, 3.8) is 0 Å². The summed E-state index contributed by atoms with van der Waals surface area (Å²) in [6, 6.07) is 0.0589. The highest BCUT2D eigenvalue weighted by Crippen LogP contribution is 2.22. The number of carbonyl (C=O) groups is 1. The highest BCUT2D eigenvalue weighted by molar-refractivity contribution is 7.91. The van der Waals surface area contributed by atoms with E-state index in [0.717, 1.165) is 19.3 Å². The molecular weight excluding hydrogens is 252 g/mol. The van der Waals surface area contributed by atoms with Crippen LogP contribution in [0.1, 0.15) is 39.0 Å². The zero-order valence-corrected chi connectivity index (χ0v) is 11.7. The molecule has 1 N–H and O–H groups in total. The summed E-state index contributed by atoms with van der Waals surface area (Å²) in [5.41, 5.74) is 0. The molecule has 2 fully saturated rings. The van der Waals surface area contributed by atoms with Gasteiger partial charge in [-0.3, -0.25) is 10.1 Å². The van der Waals surface area contributed by atoms with Gasteiger partial charge in [0.1, 0.15) is 9.84 Å². The highest BCUT2D eigenvalue weighted by Gasteiger charge is 2.37. The molecule has 2 heterocycles. The Hall–Kier alpha value is -0.620. The molecule has 0 aromatic rings. The van der Waals surface area contributed by atoms with E-state index < -0.39 is 9.84 Å². The number of unbranched alkanes of at least 4 members (excludes halogenated alkanes) is 1. The van der Waals surface area contributed by atoms with Crippen LogP contribution in [0.15, 0.2) is 0 Å². The number of nitrogens with zero attached hydrogens (tertiary/aromatic N) is 1. The number of hydrogen-bond donors (Lipinski definition) is 1. The lowest BCUT2D eigenvalue weighted by molar-refractivity contribution is -0.131. The maximum atomic E-state index is 12.2. The Bertz CT molecular complexity index is 394. The van der Waals surface area contributed by atoms with Crippen molar-refractivity contribution in [2.24, 2.45) is 0 Å². The van der Waals surface area contributed by atoms with Gasteiger partial charge in [0.25, 0.3) is 0 Å². The van der Waals surface area contributed by atoms with E-state index in [2.05, 4.69) is 12.2 Å². The fourth-order valence-corrected chi connectivity index (χ4v) is 4.17. The van der Waals surface area contributed by atoms with Crippen LogP contribution < -0.4 is 5.32 Å². The third-order valence-electron chi connectivity index (χ3n) is 3.90. The predicted octanol–water partition coefficient (Wildman–Crippen LogP) is 0.512. The van der Waals surface area contributed by atoms with Gasteiger partial charge in [-0.1, -0.05) is 19.8 Å². The summed E-state index contributed by atoms with van der Waals surface area (Å²) in [6.07, 6.45) is 4.22. The van der Waals surface area contributed by atoms with E-state index in [4.69, 9.17) is 0 Å². The maximum Gasteiger partial charge on any atom is 0.241 e. The summed E-state index contributed by atoms with van der Waals surface area (Å²) in [7, 11) is -2.85. The van der Waals surface area contributed by atoms with E-state index in [1.165, 1.54) is 0 Å². The summed E-state index contributed by atoms with van der Waals surface area (Å²) in [5.74, 6) is 0.607. The number of nitrogens with one attached hydrogen (secondary N) is 1. The monoisotopic (exact) mass is 274 g/mol. The highest BCUT2D eigenvalue weighted by atomic mass is 32.2. The summed E-state index contributed by atoms with van der Waals surface area (Å²) < 4.78 is 22.8. The van der Waals surface area contributed by atoms with Crippen LogP contribution in [0.3, 0.4) is 0 Å². The van der Waals surface area contributed by atoms with Crippen LogP contribution in [0.25, 0.3) is 0 Å². The first-order chi connectivity index (χ1) is 8.53. The molecule has 0 bridgehead atoms. The average Bonchev–Trinajstić information content (AvgIpc) is 2.68. The standard InChI is InChI=1S/C12H22N2O3S/c1-2-3-4-11-12(15)14(9-13-11)10-5-7-18(16,17)8-6-10/h10-11,13H,2-9H2,1H3. The first-order valence-electron chi connectivity index (χ1n) is 6.78. The molecule has 1 amide bonds. The van der Waals surface area contributed by atoms with E-state index in [0.29, 0.717) is 19.5 Å². The second-order valence-corrected chi connectivity index (χ2v) is 7.55. The van der Waals surface area contributed by atoms with E-state index >= 15 is 0 Å². The number of carbonyl (C=O) groups excluding carboxylic acids is 1. The molecule has 2 aliphatic rings. The molecule has 1 unspecified atom stereocenters. The Morgan fingerprint density at radius 3 is 2.61 bits per heavy atom. The van der Waals surface area contributed by atoms with Crippen LogP contribution in [0.4, 0.5) is 0 Å². The van der Waals surface area contributed by atoms with Crippen LogP contribution in [0, 0.1) is 0 Å². The van der Waals surface area contributed by atoms with Crippen molar-refractivity contribution < 1.29 is 13.2 Å². The maximum absolute atomic E-state index is 12.2. The zero-order chi connectivity index (χ0) is 13.2. The average molecular weight is 274 g/mol. The first-order valence-corrected chi connectivity index (χ1v) is 8.60. The first kappa shape index (κ1) is 13.8. The molecular formula is C12H22N2O3S. The molecule has 1 atom stereocenters. The molecule has 2 rings (SSSR count). The summed E-state index contributed by atoms with van der Waals surface area (Å²) in [5, 5.41) is 3.24. The second-order valence-electron chi connectivity index (χ2n) is 5.25. The normalized spacial score (nSPS) is 28.8. The smallest absolute Gasteiger partial charge is 0.241 e. The lowest BCUT2D eigenvalue weighted by Gasteiger charge is -2.30. The molecule has 5 nitrogen and oxygen atoms in total. The predicted molar refractivity (Wildman–Crippen MR) is 69.8 cm³/mol. The van der Waals surface area contributed by atoms with Crippen molar-refractivity contribution in [1.29, 1.82) is 0 Å². The summed E-state index contributed by atoms with van der Waals surface area (Å²) >= 11 is 0. The van der Waals surface area contributed by atoms with Crippen LogP contribution >= 0.6 is 0 Å². The Morgan fingerprint density at radius 2 is 2.00 bits per heavy atom. The van der Waals surface area contributed by atoms with Gasteiger partial charge in [0.05, 0.1) is 24.2 Å². The Labute approximate surface area is 109 Å². The van der Waals surface area contributed by atoms with Crippen LogP contribution in [-0.2, 0) is 14.6 Å². The number of sulfone groups is 1. The lowest BCUT2D eigenvalue weighted by Crippen LogP contribution is -2.43. The van der Waals surface area contributed by atoms with Gasteiger partial charge in [0.15, 0.2) is 0 Å².